The molecule has 8 heteroatoms. The van der Waals surface area contributed by atoms with E-state index in [1.165, 1.54) is 0 Å². The van der Waals surface area contributed by atoms with Crippen LogP contribution in [0.2, 0.25) is 10.6 Å². The Morgan fingerprint density at radius 3 is 2.20 bits per heavy atom. The van der Waals surface area contributed by atoms with Gasteiger partial charge in [0.05, 0.1) is 19.8 Å². The van der Waals surface area contributed by atoms with Crippen molar-refractivity contribution in [2.75, 3.05) is 19.8 Å². The van der Waals surface area contributed by atoms with Crippen molar-refractivity contribution in [1.82, 2.24) is 15.0 Å². The van der Waals surface area contributed by atoms with E-state index in [0.29, 0.717) is 0 Å². The molecule has 1 unspecified atom stereocenters. The summed E-state index contributed by atoms with van der Waals surface area (Å²) in [6.45, 7) is -0.439. The van der Waals surface area contributed by atoms with Crippen LogP contribution in [-0.2, 0) is 4.74 Å². The molecule has 0 aliphatic heterocycles. The molecule has 0 radical (unpaired) electrons. The van der Waals surface area contributed by atoms with Gasteiger partial charge in [-0.1, -0.05) is 0 Å². The summed E-state index contributed by atoms with van der Waals surface area (Å²) in [7, 11) is 0. The maximum absolute atomic E-state index is 8.99. The molecule has 2 N–H and O–H groups in total. The van der Waals surface area contributed by atoms with Crippen LogP contribution in [-0.4, -0.2) is 45.0 Å². The first kappa shape index (κ1) is 12.5. The zero-order chi connectivity index (χ0) is 11.3. The average molecular weight is 254 g/mol. The molecule has 84 valence electrons. The summed E-state index contributed by atoms with van der Waals surface area (Å²) in [5.74, 6) is 0.135. The van der Waals surface area contributed by atoms with E-state index in [0.717, 1.165) is 0 Å². The highest BCUT2D eigenvalue weighted by Crippen LogP contribution is 2.15. The van der Waals surface area contributed by atoms with Crippen LogP contribution in [0.4, 0.5) is 0 Å². The molecule has 0 amide bonds. The third kappa shape index (κ3) is 3.84. The van der Waals surface area contributed by atoms with E-state index in [4.69, 9.17) is 38.2 Å². The van der Waals surface area contributed by atoms with Crippen LogP contribution < -0.4 is 0 Å². The Kier molecular flexibility index (Phi) is 5.13. The third-order valence-electron chi connectivity index (χ3n) is 1.46. The molecular weight excluding hydrogens is 245 g/mol. The van der Waals surface area contributed by atoms with Gasteiger partial charge in [0.1, 0.15) is 6.10 Å². The largest absolute Gasteiger partial charge is 0.394 e. The first-order valence-electron chi connectivity index (χ1n) is 4.07. The fourth-order valence-corrected chi connectivity index (χ4v) is 1.26. The van der Waals surface area contributed by atoms with Crippen LogP contribution in [0.5, 0.6) is 0 Å². The first-order valence-corrected chi connectivity index (χ1v) is 4.83. The minimum Gasteiger partial charge on any atom is -0.394 e. The standard InChI is InChI=1S/C7H9Cl2N3O3/c8-6-10-5(11-7(9)12-6)4(3-14)15-2-1-13/h4,13-14H,1-3H2. The molecule has 0 aliphatic carbocycles. The van der Waals surface area contributed by atoms with Gasteiger partial charge in [-0.05, 0) is 23.2 Å². The quantitative estimate of drug-likeness (QED) is 0.781. The molecule has 0 saturated heterocycles. The van der Waals surface area contributed by atoms with Crippen LogP contribution in [0.15, 0.2) is 0 Å². The normalized spacial score (nSPS) is 12.8. The molecule has 0 aliphatic rings. The number of hydrogen-bond donors (Lipinski definition) is 2. The van der Waals surface area contributed by atoms with E-state index in [-0.39, 0.29) is 36.2 Å². The SMILES string of the molecule is OCCOC(CO)c1nc(Cl)nc(Cl)n1. The Morgan fingerprint density at radius 2 is 1.73 bits per heavy atom. The number of aliphatic hydroxyl groups is 2. The summed E-state index contributed by atoms with van der Waals surface area (Å²) in [6.07, 6.45) is -0.768. The van der Waals surface area contributed by atoms with Gasteiger partial charge in [-0.15, -0.1) is 0 Å². The Labute approximate surface area is 95.9 Å². The van der Waals surface area contributed by atoms with E-state index < -0.39 is 6.10 Å². The van der Waals surface area contributed by atoms with Gasteiger partial charge in [0.15, 0.2) is 5.82 Å². The van der Waals surface area contributed by atoms with Crippen LogP contribution in [0.3, 0.4) is 0 Å². The predicted molar refractivity (Wildman–Crippen MR) is 52.7 cm³/mol. The number of nitrogens with zero attached hydrogens (tertiary/aromatic N) is 3. The van der Waals surface area contributed by atoms with Crippen molar-refractivity contribution in [3.63, 3.8) is 0 Å². The summed E-state index contributed by atoms with van der Waals surface area (Å²) in [5, 5.41) is 17.4. The monoisotopic (exact) mass is 253 g/mol. The second-order valence-corrected chi connectivity index (χ2v) is 3.17. The van der Waals surface area contributed by atoms with E-state index in [1.807, 2.05) is 0 Å². The molecule has 0 aromatic carbocycles. The molecule has 0 spiro atoms. The summed E-state index contributed by atoms with van der Waals surface area (Å²) in [5.41, 5.74) is 0. The van der Waals surface area contributed by atoms with Gasteiger partial charge in [0.25, 0.3) is 0 Å². The van der Waals surface area contributed by atoms with Crippen LogP contribution in [0.25, 0.3) is 0 Å². The van der Waals surface area contributed by atoms with E-state index in [2.05, 4.69) is 15.0 Å². The van der Waals surface area contributed by atoms with Crippen molar-refractivity contribution in [3.05, 3.63) is 16.4 Å². The Hall–Kier alpha value is -0.530. The average Bonchev–Trinajstić information content (AvgIpc) is 2.17. The molecule has 0 fully saturated rings. The lowest BCUT2D eigenvalue weighted by atomic mass is 10.3. The zero-order valence-electron chi connectivity index (χ0n) is 7.60. The lowest BCUT2D eigenvalue weighted by Crippen LogP contribution is -2.15. The Balaban J connectivity index is 2.81. The Morgan fingerprint density at radius 1 is 1.13 bits per heavy atom. The molecule has 0 bridgehead atoms. The molecule has 1 aromatic heterocycles. The summed E-state index contributed by atoms with van der Waals surface area (Å²) < 4.78 is 5.07. The van der Waals surface area contributed by atoms with Crippen LogP contribution in [0, 0.1) is 0 Å². The highest BCUT2D eigenvalue weighted by molar-refractivity contribution is 6.30. The number of rotatable bonds is 5. The molecular formula is C7H9Cl2N3O3. The summed E-state index contributed by atoms with van der Waals surface area (Å²) >= 11 is 11.1. The molecule has 1 rings (SSSR count). The lowest BCUT2D eigenvalue weighted by molar-refractivity contribution is -0.00953. The lowest BCUT2D eigenvalue weighted by Gasteiger charge is -2.12. The van der Waals surface area contributed by atoms with Crippen LogP contribution in [0.1, 0.15) is 11.9 Å². The van der Waals surface area contributed by atoms with Crippen molar-refractivity contribution < 1.29 is 14.9 Å². The minimum absolute atomic E-state index is 0.0617. The topological polar surface area (TPSA) is 88.4 Å². The van der Waals surface area contributed by atoms with Crippen molar-refractivity contribution in [1.29, 1.82) is 0 Å². The number of halogens is 2. The molecule has 0 saturated carbocycles. The smallest absolute Gasteiger partial charge is 0.227 e. The van der Waals surface area contributed by atoms with Gasteiger partial charge < -0.3 is 14.9 Å². The molecule has 6 nitrogen and oxygen atoms in total. The first-order chi connectivity index (χ1) is 7.17. The number of ether oxygens (including phenoxy) is 1. The minimum atomic E-state index is -0.768. The number of hydrogen-bond acceptors (Lipinski definition) is 6. The van der Waals surface area contributed by atoms with Gasteiger partial charge in [0.2, 0.25) is 10.6 Å². The van der Waals surface area contributed by atoms with Crippen LogP contribution >= 0.6 is 23.2 Å². The highest BCUT2D eigenvalue weighted by atomic mass is 35.5. The van der Waals surface area contributed by atoms with Crippen molar-refractivity contribution in [2.24, 2.45) is 0 Å². The van der Waals surface area contributed by atoms with Gasteiger partial charge >= 0.3 is 0 Å². The van der Waals surface area contributed by atoms with Crippen molar-refractivity contribution >= 4 is 23.2 Å². The predicted octanol–water partition coefficient (Wildman–Crippen LogP) is 0.221. The van der Waals surface area contributed by atoms with Gasteiger partial charge in [-0.2, -0.15) is 15.0 Å². The van der Waals surface area contributed by atoms with Crippen molar-refractivity contribution in [3.8, 4) is 0 Å². The highest BCUT2D eigenvalue weighted by Gasteiger charge is 2.16. The van der Waals surface area contributed by atoms with Gasteiger partial charge in [-0.25, -0.2) is 0 Å². The molecule has 1 aromatic rings. The molecule has 1 heterocycles. The summed E-state index contributed by atoms with van der Waals surface area (Å²) in [6, 6.07) is 0. The molecule has 15 heavy (non-hydrogen) atoms. The Bertz CT molecular complexity index is 306. The van der Waals surface area contributed by atoms with E-state index in [1.54, 1.807) is 0 Å². The van der Waals surface area contributed by atoms with Gasteiger partial charge in [0, 0.05) is 0 Å². The van der Waals surface area contributed by atoms with E-state index >= 15 is 0 Å². The molecule has 1 atom stereocenters. The number of aliphatic hydroxyl groups excluding tert-OH is 2. The zero-order valence-corrected chi connectivity index (χ0v) is 9.11. The van der Waals surface area contributed by atoms with Crippen molar-refractivity contribution in [2.45, 2.75) is 6.10 Å². The number of aromatic nitrogens is 3. The second-order valence-electron chi connectivity index (χ2n) is 2.50. The van der Waals surface area contributed by atoms with Gasteiger partial charge in [-0.3, -0.25) is 0 Å². The van der Waals surface area contributed by atoms with E-state index in [9.17, 15) is 0 Å². The third-order valence-corrected chi connectivity index (χ3v) is 1.80. The maximum atomic E-state index is 8.99. The second kappa shape index (κ2) is 6.14. The summed E-state index contributed by atoms with van der Waals surface area (Å²) in [4.78, 5) is 11.1. The maximum Gasteiger partial charge on any atom is 0.227 e. The fraction of sp³-hybridized carbons (Fsp3) is 0.571. The fourth-order valence-electron chi connectivity index (χ4n) is 0.888.